The summed E-state index contributed by atoms with van der Waals surface area (Å²) in [5.74, 6) is 0.694. The summed E-state index contributed by atoms with van der Waals surface area (Å²) in [7, 11) is 1.57. The summed E-state index contributed by atoms with van der Waals surface area (Å²) in [6, 6.07) is 36.9. The molecule has 0 aromatic heterocycles. The number of anilines is 1. The van der Waals surface area contributed by atoms with Crippen LogP contribution in [-0.2, 0) is 11.4 Å². The number of fused-ring (bicyclic) bond motifs is 1. The maximum Gasteiger partial charge on any atom is 0.281 e. The molecule has 1 amide bonds. The van der Waals surface area contributed by atoms with Gasteiger partial charge in [0, 0.05) is 5.56 Å². The number of hydrogen-bond donors (Lipinski definition) is 0. The number of nitrogens with zero attached hydrogens (tertiary/aromatic N) is 2. The van der Waals surface area contributed by atoms with Crippen LogP contribution in [0.5, 0.6) is 11.5 Å². The molecule has 0 saturated heterocycles. The minimum absolute atomic E-state index is 0.226. The van der Waals surface area contributed by atoms with Gasteiger partial charge < -0.3 is 9.47 Å². The van der Waals surface area contributed by atoms with E-state index < -0.39 is 0 Å². The Labute approximate surface area is 237 Å². The van der Waals surface area contributed by atoms with Gasteiger partial charge in [0.2, 0.25) is 0 Å². The minimum Gasteiger partial charge on any atom is -0.493 e. The third-order valence-corrected chi connectivity index (χ3v) is 7.02. The lowest BCUT2D eigenvalue weighted by Crippen LogP contribution is -2.21. The van der Waals surface area contributed by atoms with Crippen LogP contribution in [0.4, 0.5) is 5.69 Å². The second-order valence-electron chi connectivity index (χ2n) is 9.29. The Kier molecular flexibility index (Phi) is 7.04. The zero-order valence-corrected chi connectivity index (χ0v) is 22.5. The number of carbonyl (C=O) groups excluding carboxylic acids is 1. The van der Waals surface area contributed by atoms with Crippen LogP contribution < -0.4 is 14.5 Å². The van der Waals surface area contributed by atoms with Gasteiger partial charge in [-0.3, -0.25) is 4.79 Å². The van der Waals surface area contributed by atoms with Gasteiger partial charge in [0.1, 0.15) is 12.3 Å². The van der Waals surface area contributed by atoms with Crippen molar-refractivity contribution in [3.63, 3.8) is 0 Å². The number of hydrazone groups is 1. The number of rotatable bonds is 7. The standard InChI is InChI=1S/C34H25ClN2O3/c1-39-31-21-23(20-30(35)33(31)40-22-26-15-10-14-24-11-8-9-18-28(24)26)19-29-32(25-12-4-2-5-13-25)36-37(34(29)38)27-16-6-3-7-17-27/h2-21H,22H2,1H3/b29-19-. The number of carbonyl (C=O) groups is 1. The molecule has 1 aliphatic rings. The predicted octanol–water partition coefficient (Wildman–Crippen LogP) is 7.92. The molecule has 5 aromatic carbocycles. The van der Waals surface area contributed by atoms with Gasteiger partial charge in [0.05, 0.1) is 23.4 Å². The molecule has 6 rings (SSSR count). The highest BCUT2D eigenvalue weighted by molar-refractivity contribution is 6.37. The molecular formula is C34H25ClN2O3. The van der Waals surface area contributed by atoms with Crippen molar-refractivity contribution in [1.82, 2.24) is 0 Å². The zero-order valence-electron chi connectivity index (χ0n) is 21.8. The monoisotopic (exact) mass is 544 g/mol. The van der Waals surface area contributed by atoms with Crippen LogP contribution in [0.15, 0.2) is 126 Å². The number of benzene rings is 5. The Morgan fingerprint density at radius 2 is 1.55 bits per heavy atom. The van der Waals surface area contributed by atoms with E-state index in [1.165, 1.54) is 5.01 Å². The van der Waals surface area contributed by atoms with Crippen LogP contribution in [-0.4, -0.2) is 18.7 Å². The average Bonchev–Trinajstić information content (AvgIpc) is 3.32. The summed E-state index contributed by atoms with van der Waals surface area (Å²) < 4.78 is 11.9. The molecule has 1 aliphatic heterocycles. The lowest BCUT2D eigenvalue weighted by Gasteiger charge is -2.15. The minimum atomic E-state index is -0.226. The molecule has 0 radical (unpaired) electrons. The fraction of sp³-hybridized carbons (Fsp3) is 0.0588. The molecular weight excluding hydrogens is 520 g/mol. The number of halogens is 1. The van der Waals surface area contributed by atoms with Crippen molar-refractivity contribution in [2.24, 2.45) is 5.10 Å². The molecule has 5 aromatic rings. The molecule has 1 heterocycles. The molecule has 0 aliphatic carbocycles. The Hall–Kier alpha value is -4.87. The van der Waals surface area contributed by atoms with Crippen LogP contribution >= 0.6 is 11.6 Å². The average molecular weight is 545 g/mol. The van der Waals surface area contributed by atoms with E-state index in [0.29, 0.717) is 45.7 Å². The predicted molar refractivity (Wildman–Crippen MR) is 161 cm³/mol. The summed E-state index contributed by atoms with van der Waals surface area (Å²) in [6.45, 7) is 0.327. The Bertz CT molecular complexity index is 1760. The van der Waals surface area contributed by atoms with Crippen LogP contribution in [0.1, 0.15) is 16.7 Å². The highest BCUT2D eigenvalue weighted by atomic mass is 35.5. The fourth-order valence-corrected chi connectivity index (χ4v) is 5.07. The summed E-state index contributed by atoms with van der Waals surface area (Å²) in [5.41, 5.74) is 4.31. The third-order valence-electron chi connectivity index (χ3n) is 6.74. The number of amides is 1. The van der Waals surface area contributed by atoms with E-state index >= 15 is 0 Å². The van der Waals surface area contributed by atoms with Crippen molar-refractivity contribution < 1.29 is 14.3 Å². The Balaban J connectivity index is 1.35. The van der Waals surface area contributed by atoms with Crippen LogP contribution in [0.3, 0.4) is 0 Å². The van der Waals surface area contributed by atoms with Gasteiger partial charge in [-0.25, -0.2) is 0 Å². The fourth-order valence-electron chi connectivity index (χ4n) is 4.80. The van der Waals surface area contributed by atoms with E-state index in [0.717, 1.165) is 21.9 Å². The second kappa shape index (κ2) is 11.1. The molecule has 6 heteroatoms. The smallest absolute Gasteiger partial charge is 0.281 e. The van der Waals surface area contributed by atoms with E-state index in [1.807, 2.05) is 91.0 Å². The van der Waals surface area contributed by atoms with Crippen LogP contribution in [0.25, 0.3) is 16.8 Å². The molecule has 0 atom stereocenters. The topological polar surface area (TPSA) is 51.1 Å². The van der Waals surface area contributed by atoms with Crippen molar-refractivity contribution in [1.29, 1.82) is 0 Å². The van der Waals surface area contributed by atoms with Gasteiger partial charge >= 0.3 is 0 Å². The van der Waals surface area contributed by atoms with Gasteiger partial charge in [-0.15, -0.1) is 0 Å². The lowest BCUT2D eigenvalue weighted by atomic mass is 10.00. The lowest BCUT2D eigenvalue weighted by molar-refractivity contribution is -0.114. The quantitative estimate of drug-likeness (QED) is 0.196. The maximum atomic E-state index is 13.6. The van der Waals surface area contributed by atoms with E-state index in [-0.39, 0.29) is 5.91 Å². The molecule has 40 heavy (non-hydrogen) atoms. The van der Waals surface area contributed by atoms with Gasteiger partial charge in [-0.2, -0.15) is 10.1 Å². The first-order valence-corrected chi connectivity index (χ1v) is 13.2. The summed E-state index contributed by atoms with van der Waals surface area (Å²) >= 11 is 6.74. The van der Waals surface area contributed by atoms with E-state index in [2.05, 4.69) is 18.2 Å². The first-order valence-electron chi connectivity index (χ1n) is 12.8. The number of methoxy groups -OCH3 is 1. The zero-order chi connectivity index (χ0) is 27.5. The van der Waals surface area contributed by atoms with Crippen molar-refractivity contribution in [3.05, 3.63) is 143 Å². The van der Waals surface area contributed by atoms with E-state index in [4.69, 9.17) is 26.2 Å². The van der Waals surface area contributed by atoms with Gasteiger partial charge in [-0.05, 0) is 52.2 Å². The highest BCUT2D eigenvalue weighted by Crippen LogP contribution is 2.38. The molecule has 0 saturated carbocycles. The summed E-state index contributed by atoms with van der Waals surface area (Å²) in [6.07, 6.45) is 1.79. The second-order valence-corrected chi connectivity index (χ2v) is 9.69. The van der Waals surface area contributed by atoms with Crippen molar-refractivity contribution >= 4 is 45.8 Å². The Morgan fingerprint density at radius 1 is 0.850 bits per heavy atom. The van der Waals surface area contributed by atoms with E-state index in [9.17, 15) is 4.79 Å². The van der Waals surface area contributed by atoms with Gasteiger partial charge in [-0.1, -0.05) is 103 Å². The largest absolute Gasteiger partial charge is 0.493 e. The van der Waals surface area contributed by atoms with Crippen molar-refractivity contribution in [2.75, 3.05) is 12.1 Å². The summed E-state index contributed by atoms with van der Waals surface area (Å²) in [5, 5.41) is 8.78. The molecule has 0 fully saturated rings. The molecule has 0 N–H and O–H groups in total. The normalized spacial score (nSPS) is 14.1. The van der Waals surface area contributed by atoms with E-state index in [1.54, 1.807) is 19.3 Å². The van der Waals surface area contributed by atoms with Crippen molar-refractivity contribution in [2.45, 2.75) is 6.61 Å². The maximum absolute atomic E-state index is 13.6. The SMILES string of the molecule is COc1cc(/C=C2\C(=O)N(c3ccccc3)N=C2c2ccccc2)cc(Cl)c1OCc1cccc2ccccc12. The number of ether oxygens (including phenoxy) is 2. The van der Waals surface area contributed by atoms with Crippen molar-refractivity contribution in [3.8, 4) is 11.5 Å². The number of para-hydroxylation sites is 1. The summed E-state index contributed by atoms with van der Waals surface area (Å²) in [4.78, 5) is 13.6. The molecule has 196 valence electrons. The first-order chi connectivity index (χ1) is 19.6. The molecule has 0 bridgehead atoms. The van der Waals surface area contributed by atoms with Crippen LogP contribution in [0, 0.1) is 0 Å². The number of hydrogen-bond acceptors (Lipinski definition) is 4. The van der Waals surface area contributed by atoms with Gasteiger partial charge in [0.15, 0.2) is 11.5 Å². The van der Waals surface area contributed by atoms with Crippen LogP contribution in [0.2, 0.25) is 5.02 Å². The first kappa shape index (κ1) is 25.4. The Morgan fingerprint density at radius 3 is 2.33 bits per heavy atom. The van der Waals surface area contributed by atoms with Gasteiger partial charge in [0.25, 0.3) is 5.91 Å². The molecule has 0 spiro atoms. The molecule has 5 nitrogen and oxygen atoms in total. The third kappa shape index (κ3) is 4.95. The highest BCUT2D eigenvalue weighted by Gasteiger charge is 2.32. The molecule has 0 unspecified atom stereocenters.